The molecule has 0 bridgehead atoms. The second-order valence-electron chi connectivity index (χ2n) is 5.64. The van der Waals surface area contributed by atoms with E-state index in [1.54, 1.807) is 17.5 Å². The molecule has 0 saturated carbocycles. The lowest BCUT2D eigenvalue weighted by Crippen LogP contribution is -2.33. The molecule has 0 spiro atoms. The minimum atomic E-state index is -0.822. The van der Waals surface area contributed by atoms with E-state index in [4.69, 9.17) is 0 Å². The second kappa shape index (κ2) is 7.10. The lowest BCUT2D eigenvalue weighted by atomic mass is 10.2. The Labute approximate surface area is 147 Å². The standard InChI is InChI=1S/C17H16FN3O3S/c1-2-3-8-20-15(22)16(23)21(17(20)24)9-13-10-25-14(19-13)11-4-6-12(18)7-5-11/h4-7,10H,2-3,8-9H2,1H3. The van der Waals surface area contributed by atoms with Crippen molar-refractivity contribution < 1.29 is 18.8 Å². The molecule has 1 saturated heterocycles. The molecular weight excluding hydrogens is 345 g/mol. The number of hydrogen-bond donors (Lipinski definition) is 0. The third-order valence-corrected chi connectivity index (χ3v) is 4.77. The average molecular weight is 361 g/mol. The van der Waals surface area contributed by atoms with Crippen LogP contribution in [0.5, 0.6) is 0 Å². The van der Waals surface area contributed by atoms with Crippen molar-refractivity contribution in [3.8, 4) is 10.6 Å². The van der Waals surface area contributed by atoms with Crippen molar-refractivity contribution in [2.24, 2.45) is 0 Å². The normalized spacial score (nSPS) is 14.7. The van der Waals surface area contributed by atoms with E-state index in [0.717, 1.165) is 21.8 Å². The van der Waals surface area contributed by atoms with Crippen LogP contribution < -0.4 is 0 Å². The summed E-state index contributed by atoms with van der Waals surface area (Å²) in [4.78, 5) is 42.6. The van der Waals surface area contributed by atoms with Gasteiger partial charge in [-0.1, -0.05) is 13.3 Å². The summed E-state index contributed by atoms with van der Waals surface area (Å²) < 4.78 is 13.0. The maximum absolute atomic E-state index is 13.0. The van der Waals surface area contributed by atoms with Gasteiger partial charge >= 0.3 is 17.8 Å². The minimum Gasteiger partial charge on any atom is -0.263 e. The highest BCUT2D eigenvalue weighted by molar-refractivity contribution is 7.13. The summed E-state index contributed by atoms with van der Waals surface area (Å²) in [6.45, 7) is 2.13. The predicted molar refractivity (Wildman–Crippen MR) is 90.1 cm³/mol. The van der Waals surface area contributed by atoms with Crippen molar-refractivity contribution in [2.45, 2.75) is 26.3 Å². The van der Waals surface area contributed by atoms with Crippen LogP contribution >= 0.6 is 11.3 Å². The van der Waals surface area contributed by atoms with E-state index in [2.05, 4.69) is 4.98 Å². The first-order valence-corrected chi connectivity index (χ1v) is 8.77. The summed E-state index contributed by atoms with van der Waals surface area (Å²) in [6.07, 6.45) is 1.47. The molecule has 0 atom stereocenters. The molecule has 4 amide bonds. The van der Waals surface area contributed by atoms with Crippen molar-refractivity contribution in [3.63, 3.8) is 0 Å². The van der Waals surface area contributed by atoms with Gasteiger partial charge in [0.15, 0.2) is 0 Å². The number of benzene rings is 1. The molecule has 8 heteroatoms. The van der Waals surface area contributed by atoms with Crippen molar-refractivity contribution in [1.29, 1.82) is 0 Å². The van der Waals surface area contributed by atoms with E-state index in [0.29, 0.717) is 17.1 Å². The number of halogens is 1. The molecule has 1 aromatic carbocycles. The smallest absolute Gasteiger partial charge is 0.263 e. The Morgan fingerprint density at radius 2 is 1.76 bits per heavy atom. The topological polar surface area (TPSA) is 70.6 Å². The van der Waals surface area contributed by atoms with Crippen LogP contribution in [0.3, 0.4) is 0 Å². The van der Waals surface area contributed by atoms with E-state index in [-0.39, 0.29) is 18.9 Å². The summed E-state index contributed by atoms with van der Waals surface area (Å²) in [5, 5.41) is 2.38. The molecule has 1 aliphatic rings. The lowest BCUT2D eigenvalue weighted by Gasteiger charge is -2.14. The van der Waals surface area contributed by atoms with Gasteiger partial charge in [-0.15, -0.1) is 11.3 Å². The number of aromatic nitrogens is 1. The van der Waals surface area contributed by atoms with Crippen molar-refractivity contribution in [1.82, 2.24) is 14.8 Å². The van der Waals surface area contributed by atoms with E-state index in [1.165, 1.54) is 23.5 Å². The first-order valence-electron chi connectivity index (χ1n) is 7.89. The van der Waals surface area contributed by atoms with Gasteiger partial charge in [-0.05, 0) is 30.7 Å². The summed E-state index contributed by atoms with van der Waals surface area (Å²) >= 11 is 1.33. The number of rotatable bonds is 6. The molecule has 1 aromatic heterocycles. The number of carbonyl (C=O) groups excluding carboxylic acids is 3. The van der Waals surface area contributed by atoms with E-state index in [9.17, 15) is 18.8 Å². The van der Waals surface area contributed by atoms with E-state index >= 15 is 0 Å². The van der Waals surface area contributed by atoms with Gasteiger partial charge in [-0.25, -0.2) is 19.1 Å². The Balaban J connectivity index is 1.74. The first kappa shape index (κ1) is 17.2. The Morgan fingerprint density at radius 1 is 1.08 bits per heavy atom. The number of thiazole rings is 1. The van der Waals surface area contributed by atoms with Crippen molar-refractivity contribution in [3.05, 3.63) is 41.2 Å². The van der Waals surface area contributed by atoms with Crippen LogP contribution in [0.4, 0.5) is 9.18 Å². The van der Waals surface area contributed by atoms with Crippen LogP contribution in [0, 0.1) is 5.82 Å². The summed E-state index contributed by atoms with van der Waals surface area (Å²) in [6, 6.07) is 5.31. The molecule has 130 valence electrons. The number of carbonyl (C=O) groups is 3. The number of nitrogens with zero attached hydrogens (tertiary/aromatic N) is 3. The number of hydrogen-bond acceptors (Lipinski definition) is 5. The van der Waals surface area contributed by atoms with Crippen molar-refractivity contribution in [2.75, 3.05) is 6.54 Å². The zero-order chi connectivity index (χ0) is 18.0. The van der Waals surface area contributed by atoms with Gasteiger partial charge in [0.1, 0.15) is 10.8 Å². The quantitative estimate of drug-likeness (QED) is 0.586. The van der Waals surface area contributed by atoms with E-state index in [1.807, 2.05) is 6.92 Å². The molecule has 2 aromatic rings. The molecule has 2 heterocycles. The fourth-order valence-corrected chi connectivity index (χ4v) is 3.29. The molecule has 0 unspecified atom stereocenters. The van der Waals surface area contributed by atoms with Crippen LogP contribution in [0.25, 0.3) is 10.6 Å². The highest BCUT2D eigenvalue weighted by Crippen LogP contribution is 2.25. The van der Waals surface area contributed by atoms with Gasteiger partial charge in [0.05, 0.1) is 12.2 Å². The third-order valence-electron chi connectivity index (χ3n) is 3.83. The zero-order valence-electron chi connectivity index (χ0n) is 13.6. The fourth-order valence-electron chi connectivity index (χ4n) is 2.47. The van der Waals surface area contributed by atoms with Crippen LogP contribution in [-0.4, -0.2) is 39.2 Å². The number of urea groups is 1. The Morgan fingerprint density at radius 3 is 2.44 bits per heavy atom. The van der Waals surface area contributed by atoms with Gasteiger partial charge in [-0.3, -0.25) is 14.5 Å². The zero-order valence-corrected chi connectivity index (χ0v) is 14.4. The fraction of sp³-hybridized carbons (Fsp3) is 0.294. The highest BCUT2D eigenvalue weighted by Gasteiger charge is 2.44. The maximum atomic E-state index is 13.0. The van der Waals surface area contributed by atoms with Crippen LogP contribution in [0.15, 0.2) is 29.6 Å². The summed E-state index contributed by atoms with van der Waals surface area (Å²) in [7, 11) is 0. The van der Waals surface area contributed by atoms with Gasteiger partial charge in [0.25, 0.3) is 0 Å². The number of imide groups is 2. The Bertz CT molecular complexity index is 819. The largest absolute Gasteiger partial charge is 0.334 e. The molecule has 6 nitrogen and oxygen atoms in total. The number of unbranched alkanes of at least 4 members (excludes halogenated alkanes) is 1. The first-order chi connectivity index (χ1) is 12.0. The number of amides is 4. The molecule has 0 radical (unpaired) electrons. The summed E-state index contributed by atoms with van der Waals surface area (Å²) in [5.74, 6) is -1.94. The minimum absolute atomic E-state index is 0.0519. The van der Waals surface area contributed by atoms with Gasteiger partial charge < -0.3 is 0 Å². The molecular formula is C17H16FN3O3S. The molecule has 1 fully saturated rings. The van der Waals surface area contributed by atoms with Crippen LogP contribution in [0.1, 0.15) is 25.5 Å². The lowest BCUT2D eigenvalue weighted by molar-refractivity contribution is -0.143. The second-order valence-corrected chi connectivity index (χ2v) is 6.49. The van der Waals surface area contributed by atoms with Crippen LogP contribution in [0.2, 0.25) is 0 Å². The Kier molecular flexibility index (Phi) is 4.89. The maximum Gasteiger partial charge on any atom is 0.334 e. The van der Waals surface area contributed by atoms with Gasteiger partial charge in [-0.2, -0.15) is 0 Å². The molecule has 0 aliphatic carbocycles. The highest BCUT2D eigenvalue weighted by atomic mass is 32.1. The van der Waals surface area contributed by atoms with Gasteiger partial charge in [0, 0.05) is 17.5 Å². The summed E-state index contributed by atoms with van der Waals surface area (Å²) in [5.41, 5.74) is 1.26. The predicted octanol–water partition coefficient (Wildman–Crippen LogP) is 3.04. The third kappa shape index (κ3) is 3.43. The van der Waals surface area contributed by atoms with Crippen molar-refractivity contribution >= 4 is 29.2 Å². The molecule has 0 N–H and O–H groups in total. The molecule has 25 heavy (non-hydrogen) atoms. The average Bonchev–Trinajstić information content (AvgIpc) is 3.14. The van der Waals surface area contributed by atoms with Gasteiger partial charge in [0.2, 0.25) is 0 Å². The monoisotopic (exact) mass is 361 g/mol. The Hall–Kier alpha value is -2.61. The SMILES string of the molecule is CCCCN1C(=O)C(=O)N(Cc2csc(-c3ccc(F)cc3)n2)C1=O. The van der Waals surface area contributed by atoms with E-state index < -0.39 is 17.8 Å². The molecule has 1 aliphatic heterocycles. The van der Waals surface area contributed by atoms with Crippen LogP contribution in [-0.2, 0) is 16.1 Å². The molecule has 3 rings (SSSR count).